The Morgan fingerprint density at radius 1 is 1.04 bits per heavy atom. The fourth-order valence-corrected chi connectivity index (χ4v) is 2.10. The zero-order valence-corrected chi connectivity index (χ0v) is 15.9. The summed E-state index contributed by atoms with van der Waals surface area (Å²) in [4.78, 5) is 34.2. The second kappa shape index (κ2) is 11.8. The van der Waals surface area contributed by atoms with Crippen LogP contribution in [0.15, 0.2) is 0 Å². The number of carboxylic acids is 1. The molecule has 0 spiro atoms. The van der Waals surface area contributed by atoms with Crippen LogP contribution < -0.4 is 0 Å². The van der Waals surface area contributed by atoms with E-state index in [4.69, 9.17) is 14.2 Å². The van der Waals surface area contributed by atoms with E-state index < -0.39 is 18.1 Å². The lowest BCUT2D eigenvalue weighted by atomic mass is 10.1. The smallest absolute Gasteiger partial charge is 0.362 e. The summed E-state index contributed by atoms with van der Waals surface area (Å²) < 4.78 is 16.0. The van der Waals surface area contributed by atoms with Crippen LogP contribution in [-0.2, 0) is 28.6 Å². The first-order valence-corrected chi connectivity index (χ1v) is 8.58. The van der Waals surface area contributed by atoms with Gasteiger partial charge in [0.1, 0.15) is 6.61 Å². The molecule has 146 valence electrons. The highest BCUT2D eigenvalue weighted by molar-refractivity contribution is 5.72. The molecule has 0 aromatic heterocycles. The Labute approximate surface area is 149 Å². The van der Waals surface area contributed by atoms with Crippen molar-refractivity contribution in [3.8, 4) is 0 Å². The highest BCUT2D eigenvalue weighted by Gasteiger charge is 2.31. The lowest BCUT2D eigenvalue weighted by Gasteiger charge is -2.31. The molecule has 0 aromatic rings. The summed E-state index contributed by atoms with van der Waals surface area (Å²) in [5, 5.41) is 9.27. The van der Waals surface area contributed by atoms with Gasteiger partial charge in [-0.2, -0.15) is 0 Å². The SMILES string of the molecule is CCCC(=O)OC(COCCC(C(=O)O)[N+](C)(C)C)COC(=O)CC. The summed E-state index contributed by atoms with van der Waals surface area (Å²) in [6, 6.07) is -0.598. The van der Waals surface area contributed by atoms with Crippen molar-refractivity contribution in [2.24, 2.45) is 0 Å². The Morgan fingerprint density at radius 2 is 1.68 bits per heavy atom. The predicted octanol–water partition coefficient (Wildman–Crippen LogP) is 1.22. The van der Waals surface area contributed by atoms with E-state index in [9.17, 15) is 19.5 Å². The van der Waals surface area contributed by atoms with Gasteiger partial charge in [-0.25, -0.2) is 4.79 Å². The molecule has 0 bridgehead atoms. The van der Waals surface area contributed by atoms with Crippen LogP contribution in [0.3, 0.4) is 0 Å². The van der Waals surface area contributed by atoms with Crippen LogP contribution in [0.4, 0.5) is 0 Å². The molecule has 0 aliphatic heterocycles. The molecule has 2 unspecified atom stereocenters. The molecule has 0 amide bonds. The summed E-state index contributed by atoms with van der Waals surface area (Å²) in [5.41, 5.74) is 0. The van der Waals surface area contributed by atoms with E-state index in [0.717, 1.165) is 0 Å². The van der Waals surface area contributed by atoms with Crippen LogP contribution in [0.1, 0.15) is 39.5 Å². The number of aliphatic carboxylic acids is 1. The van der Waals surface area contributed by atoms with E-state index in [0.29, 0.717) is 12.8 Å². The maximum atomic E-state index is 11.6. The standard InChI is InChI=1S/C17H31NO7/c1-6-8-16(20)25-13(12-24-15(19)7-2)11-23-10-9-14(17(21)22)18(3,4)5/h13-14H,6-12H2,1-5H3/p+1. The van der Waals surface area contributed by atoms with Gasteiger partial charge in [0.05, 0.1) is 34.4 Å². The molecule has 0 aliphatic carbocycles. The van der Waals surface area contributed by atoms with E-state index in [1.54, 1.807) is 28.1 Å². The number of nitrogens with zero attached hydrogens (tertiary/aromatic N) is 1. The number of esters is 2. The average Bonchev–Trinajstić information content (AvgIpc) is 2.50. The highest BCUT2D eigenvalue weighted by Crippen LogP contribution is 2.09. The maximum Gasteiger partial charge on any atom is 0.362 e. The Morgan fingerprint density at radius 3 is 2.16 bits per heavy atom. The third kappa shape index (κ3) is 10.7. The molecule has 0 rings (SSSR count). The van der Waals surface area contributed by atoms with Gasteiger partial charge >= 0.3 is 17.9 Å². The fourth-order valence-electron chi connectivity index (χ4n) is 2.10. The van der Waals surface area contributed by atoms with Gasteiger partial charge < -0.3 is 23.8 Å². The van der Waals surface area contributed by atoms with E-state index in [1.807, 2.05) is 6.92 Å². The first-order valence-electron chi connectivity index (χ1n) is 8.58. The predicted molar refractivity (Wildman–Crippen MR) is 90.9 cm³/mol. The first kappa shape index (κ1) is 23.3. The van der Waals surface area contributed by atoms with Crippen LogP contribution in [0.2, 0.25) is 0 Å². The molecular weight excluding hydrogens is 330 g/mol. The summed E-state index contributed by atoms with van der Waals surface area (Å²) in [5.74, 6) is -1.65. The Bertz CT molecular complexity index is 431. The number of carbonyl (C=O) groups excluding carboxylic acids is 2. The van der Waals surface area contributed by atoms with E-state index in [2.05, 4.69) is 0 Å². The van der Waals surface area contributed by atoms with E-state index >= 15 is 0 Å². The van der Waals surface area contributed by atoms with E-state index in [1.165, 1.54) is 0 Å². The summed E-state index contributed by atoms with van der Waals surface area (Å²) in [7, 11) is 5.41. The third-order valence-electron chi connectivity index (χ3n) is 3.53. The molecule has 0 radical (unpaired) electrons. The molecule has 25 heavy (non-hydrogen) atoms. The van der Waals surface area contributed by atoms with E-state index in [-0.39, 0.29) is 49.1 Å². The van der Waals surface area contributed by atoms with Crippen molar-refractivity contribution in [2.75, 3.05) is 41.0 Å². The Kier molecular flexibility index (Phi) is 11.0. The van der Waals surface area contributed by atoms with Crippen molar-refractivity contribution in [3.63, 3.8) is 0 Å². The molecule has 8 heteroatoms. The number of hydrogen-bond acceptors (Lipinski definition) is 6. The van der Waals surface area contributed by atoms with Crippen molar-refractivity contribution >= 4 is 17.9 Å². The molecule has 0 fully saturated rings. The highest BCUT2D eigenvalue weighted by atomic mass is 16.6. The number of rotatable bonds is 13. The van der Waals surface area contributed by atoms with Crippen LogP contribution >= 0.6 is 0 Å². The lowest BCUT2D eigenvalue weighted by Crippen LogP contribution is -2.50. The van der Waals surface area contributed by atoms with Gasteiger partial charge in [0.15, 0.2) is 12.1 Å². The van der Waals surface area contributed by atoms with Crippen molar-refractivity contribution in [1.82, 2.24) is 0 Å². The monoisotopic (exact) mass is 362 g/mol. The fraction of sp³-hybridized carbons (Fsp3) is 0.824. The van der Waals surface area contributed by atoms with Crippen molar-refractivity contribution in [3.05, 3.63) is 0 Å². The van der Waals surface area contributed by atoms with Gasteiger partial charge in [-0.15, -0.1) is 0 Å². The van der Waals surface area contributed by atoms with Crippen molar-refractivity contribution in [2.45, 2.75) is 51.7 Å². The Balaban J connectivity index is 4.46. The minimum absolute atomic E-state index is 0.0515. The molecule has 0 saturated heterocycles. The minimum Gasteiger partial charge on any atom is -0.477 e. The van der Waals surface area contributed by atoms with Crippen molar-refractivity contribution in [1.29, 1.82) is 0 Å². The van der Waals surface area contributed by atoms with Crippen LogP contribution in [0.5, 0.6) is 0 Å². The summed E-state index contributed by atoms with van der Waals surface area (Å²) >= 11 is 0. The zero-order chi connectivity index (χ0) is 19.5. The normalized spacial score (nSPS) is 13.8. The van der Waals surface area contributed by atoms with Gasteiger partial charge in [0.25, 0.3) is 0 Å². The molecule has 0 heterocycles. The molecule has 2 atom stereocenters. The topological polar surface area (TPSA) is 99.1 Å². The molecule has 0 aliphatic rings. The van der Waals surface area contributed by atoms with Gasteiger partial charge in [-0.1, -0.05) is 13.8 Å². The quantitative estimate of drug-likeness (QED) is 0.299. The Hall–Kier alpha value is -1.67. The van der Waals surface area contributed by atoms with Crippen LogP contribution in [0.25, 0.3) is 0 Å². The first-order chi connectivity index (χ1) is 11.6. The average molecular weight is 362 g/mol. The number of hydrogen-bond donors (Lipinski definition) is 1. The van der Waals surface area contributed by atoms with Gasteiger partial charge in [-0.05, 0) is 6.42 Å². The van der Waals surface area contributed by atoms with Gasteiger partial charge in [0, 0.05) is 19.3 Å². The number of carbonyl (C=O) groups is 3. The van der Waals surface area contributed by atoms with Gasteiger partial charge in [0.2, 0.25) is 0 Å². The third-order valence-corrected chi connectivity index (χ3v) is 3.53. The minimum atomic E-state index is -0.890. The molecule has 1 N–H and O–H groups in total. The molecule has 0 aromatic carbocycles. The maximum absolute atomic E-state index is 11.6. The second-order valence-electron chi connectivity index (χ2n) is 6.73. The largest absolute Gasteiger partial charge is 0.477 e. The number of likely N-dealkylation sites (N-methyl/N-ethyl adjacent to an activating group) is 1. The molecular formula is C17H32NO7+. The molecule has 0 saturated carbocycles. The second-order valence-corrected chi connectivity index (χ2v) is 6.73. The van der Waals surface area contributed by atoms with Crippen LogP contribution in [0, 0.1) is 0 Å². The summed E-state index contributed by atoms with van der Waals surface area (Å²) in [6.45, 7) is 3.72. The molecule has 8 nitrogen and oxygen atoms in total. The van der Waals surface area contributed by atoms with Crippen molar-refractivity contribution < 1.29 is 38.2 Å². The summed E-state index contributed by atoms with van der Waals surface area (Å²) in [6.07, 6.45) is 0.803. The van der Waals surface area contributed by atoms with Gasteiger partial charge in [-0.3, -0.25) is 9.59 Å². The number of quaternary nitrogens is 1. The number of ether oxygens (including phenoxy) is 3. The van der Waals surface area contributed by atoms with Crippen LogP contribution in [-0.4, -0.2) is 80.6 Å². The zero-order valence-electron chi connectivity index (χ0n) is 15.9. The lowest BCUT2D eigenvalue weighted by molar-refractivity contribution is -0.887. The number of carboxylic acid groups (broad SMARTS) is 1.